The van der Waals surface area contributed by atoms with Gasteiger partial charge in [-0.15, -0.1) is 24.8 Å². The fourth-order valence-electron chi connectivity index (χ4n) is 3.09. The molecular formula is C17H26Cl2N4O. The summed E-state index contributed by atoms with van der Waals surface area (Å²) < 4.78 is 0. The van der Waals surface area contributed by atoms with E-state index in [2.05, 4.69) is 23.8 Å². The molecule has 2 heterocycles. The lowest BCUT2D eigenvalue weighted by atomic mass is 9.79. The van der Waals surface area contributed by atoms with Crippen molar-refractivity contribution in [3.8, 4) is 0 Å². The van der Waals surface area contributed by atoms with Crippen molar-refractivity contribution in [1.29, 1.82) is 0 Å². The number of H-pyrrole nitrogens is 1. The number of piperidine rings is 1. The Bertz CT molecular complexity index is 653. The van der Waals surface area contributed by atoms with Crippen molar-refractivity contribution in [2.45, 2.75) is 39.2 Å². The van der Waals surface area contributed by atoms with Gasteiger partial charge in [0.1, 0.15) is 5.82 Å². The van der Waals surface area contributed by atoms with Gasteiger partial charge in [-0.1, -0.05) is 26.0 Å². The molecule has 134 valence electrons. The SMILES string of the molecule is CC1(C)CN(C(=O)CCc2nc3ccccc3[nH]2)CCC1N.Cl.Cl. The highest BCUT2D eigenvalue weighted by Crippen LogP contribution is 2.28. The second kappa shape index (κ2) is 8.19. The average Bonchev–Trinajstić information content (AvgIpc) is 2.90. The minimum absolute atomic E-state index is 0. The molecule has 1 amide bonds. The Morgan fingerprint density at radius 3 is 2.75 bits per heavy atom. The van der Waals surface area contributed by atoms with Gasteiger partial charge in [-0.25, -0.2) is 4.98 Å². The maximum atomic E-state index is 12.4. The molecule has 0 radical (unpaired) electrons. The number of benzene rings is 1. The molecule has 1 fully saturated rings. The standard InChI is InChI=1S/C17H24N4O.2ClH/c1-17(2)11-21(10-9-14(17)18)16(22)8-7-15-19-12-5-3-4-6-13(12)20-15;;/h3-6,14H,7-11,18H2,1-2H3,(H,19,20);2*1H. The third-order valence-electron chi connectivity index (χ3n) is 4.68. The molecule has 1 aliphatic heterocycles. The lowest BCUT2D eigenvalue weighted by molar-refractivity contribution is -0.134. The van der Waals surface area contributed by atoms with Crippen LogP contribution in [-0.4, -0.2) is 39.9 Å². The zero-order chi connectivity index (χ0) is 15.7. The van der Waals surface area contributed by atoms with E-state index in [1.165, 1.54) is 0 Å². The summed E-state index contributed by atoms with van der Waals surface area (Å²) in [5.74, 6) is 1.07. The van der Waals surface area contributed by atoms with Gasteiger partial charge < -0.3 is 15.6 Å². The van der Waals surface area contributed by atoms with E-state index in [9.17, 15) is 4.79 Å². The van der Waals surface area contributed by atoms with Crippen LogP contribution in [0, 0.1) is 5.41 Å². The first-order chi connectivity index (χ1) is 10.5. The topological polar surface area (TPSA) is 75.0 Å². The quantitative estimate of drug-likeness (QED) is 0.869. The Morgan fingerprint density at radius 2 is 2.08 bits per heavy atom. The van der Waals surface area contributed by atoms with Crippen LogP contribution in [0.15, 0.2) is 24.3 Å². The van der Waals surface area contributed by atoms with Crippen molar-refractivity contribution in [2.75, 3.05) is 13.1 Å². The van der Waals surface area contributed by atoms with Crippen LogP contribution < -0.4 is 5.73 Å². The van der Waals surface area contributed by atoms with Gasteiger partial charge >= 0.3 is 0 Å². The van der Waals surface area contributed by atoms with E-state index in [0.29, 0.717) is 12.8 Å². The van der Waals surface area contributed by atoms with Crippen LogP contribution in [0.1, 0.15) is 32.5 Å². The van der Waals surface area contributed by atoms with E-state index in [1.54, 1.807) is 0 Å². The van der Waals surface area contributed by atoms with Crippen LogP contribution in [0.2, 0.25) is 0 Å². The van der Waals surface area contributed by atoms with E-state index in [4.69, 9.17) is 5.73 Å². The van der Waals surface area contributed by atoms with Crippen molar-refractivity contribution in [3.63, 3.8) is 0 Å². The largest absolute Gasteiger partial charge is 0.342 e. The maximum absolute atomic E-state index is 12.4. The highest BCUT2D eigenvalue weighted by molar-refractivity contribution is 5.85. The van der Waals surface area contributed by atoms with Crippen LogP contribution in [0.4, 0.5) is 0 Å². The van der Waals surface area contributed by atoms with Gasteiger partial charge in [0.25, 0.3) is 0 Å². The fourth-order valence-corrected chi connectivity index (χ4v) is 3.09. The molecule has 0 aliphatic carbocycles. The Morgan fingerprint density at radius 1 is 1.38 bits per heavy atom. The number of carbonyl (C=O) groups is 1. The van der Waals surface area contributed by atoms with Gasteiger partial charge in [0.05, 0.1) is 11.0 Å². The molecule has 1 aromatic heterocycles. The minimum atomic E-state index is -0.00667. The summed E-state index contributed by atoms with van der Waals surface area (Å²) in [7, 11) is 0. The lowest BCUT2D eigenvalue weighted by Crippen LogP contribution is -2.54. The monoisotopic (exact) mass is 372 g/mol. The first-order valence-electron chi connectivity index (χ1n) is 7.93. The van der Waals surface area contributed by atoms with E-state index in [0.717, 1.165) is 36.4 Å². The van der Waals surface area contributed by atoms with Crippen molar-refractivity contribution < 1.29 is 4.79 Å². The smallest absolute Gasteiger partial charge is 0.223 e. The Labute approximate surface area is 155 Å². The first-order valence-corrected chi connectivity index (χ1v) is 7.93. The van der Waals surface area contributed by atoms with E-state index in [1.807, 2.05) is 29.2 Å². The predicted molar refractivity (Wildman–Crippen MR) is 102 cm³/mol. The molecule has 7 heteroatoms. The number of likely N-dealkylation sites (tertiary alicyclic amines) is 1. The number of aromatic nitrogens is 2. The molecule has 2 aromatic rings. The number of aromatic amines is 1. The van der Waals surface area contributed by atoms with E-state index >= 15 is 0 Å². The van der Waals surface area contributed by atoms with Crippen molar-refractivity contribution in [1.82, 2.24) is 14.9 Å². The summed E-state index contributed by atoms with van der Waals surface area (Å²) in [6.07, 6.45) is 2.02. The number of hydrogen-bond donors (Lipinski definition) is 2. The average molecular weight is 373 g/mol. The van der Waals surface area contributed by atoms with Crippen LogP contribution in [0.3, 0.4) is 0 Å². The number of nitrogens with two attached hydrogens (primary N) is 1. The highest BCUT2D eigenvalue weighted by Gasteiger charge is 2.35. The van der Waals surface area contributed by atoms with Crippen molar-refractivity contribution in [2.24, 2.45) is 11.1 Å². The predicted octanol–water partition coefficient (Wildman–Crippen LogP) is 2.92. The molecule has 1 atom stereocenters. The molecule has 1 saturated heterocycles. The highest BCUT2D eigenvalue weighted by atomic mass is 35.5. The zero-order valence-corrected chi connectivity index (χ0v) is 15.8. The second-order valence-electron chi connectivity index (χ2n) is 6.90. The number of aryl methyl sites for hydroxylation is 1. The molecule has 3 rings (SSSR count). The third-order valence-corrected chi connectivity index (χ3v) is 4.68. The second-order valence-corrected chi connectivity index (χ2v) is 6.90. The summed E-state index contributed by atoms with van der Waals surface area (Å²) in [5, 5.41) is 0. The van der Waals surface area contributed by atoms with Gasteiger partial charge in [0.2, 0.25) is 5.91 Å². The Balaban J connectivity index is 0.00000144. The van der Waals surface area contributed by atoms with Gasteiger partial charge in [0, 0.05) is 32.0 Å². The molecule has 24 heavy (non-hydrogen) atoms. The number of hydrogen-bond acceptors (Lipinski definition) is 3. The first kappa shape index (κ1) is 20.7. The number of imidazole rings is 1. The molecule has 0 spiro atoms. The number of nitrogens with one attached hydrogen (secondary N) is 1. The molecule has 0 bridgehead atoms. The number of rotatable bonds is 3. The summed E-state index contributed by atoms with van der Waals surface area (Å²) in [5.41, 5.74) is 8.10. The summed E-state index contributed by atoms with van der Waals surface area (Å²) in [6.45, 7) is 5.78. The molecule has 5 nitrogen and oxygen atoms in total. The molecule has 1 aliphatic rings. The van der Waals surface area contributed by atoms with Crippen LogP contribution in [0.5, 0.6) is 0 Å². The number of nitrogens with zero attached hydrogens (tertiary/aromatic N) is 2. The molecule has 1 aromatic carbocycles. The number of para-hydroxylation sites is 2. The zero-order valence-electron chi connectivity index (χ0n) is 14.1. The van der Waals surface area contributed by atoms with Crippen molar-refractivity contribution >= 4 is 41.8 Å². The minimum Gasteiger partial charge on any atom is -0.342 e. The molecule has 0 saturated carbocycles. The summed E-state index contributed by atoms with van der Waals surface area (Å²) >= 11 is 0. The van der Waals surface area contributed by atoms with Crippen LogP contribution in [-0.2, 0) is 11.2 Å². The molecule has 3 N–H and O–H groups in total. The van der Waals surface area contributed by atoms with Crippen LogP contribution in [0.25, 0.3) is 11.0 Å². The number of fused-ring (bicyclic) bond motifs is 1. The number of halogens is 2. The van der Waals surface area contributed by atoms with E-state index in [-0.39, 0.29) is 42.2 Å². The summed E-state index contributed by atoms with van der Waals surface area (Å²) in [4.78, 5) is 22.2. The van der Waals surface area contributed by atoms with E-state index < -0.39 is 0 Å². The Hall–Kier alpha value is -1.30. The van der Waals surface area contributed by atoms with Crippen molar-refractivity contribution in [3.05, 3.63) is 30.1 Å². The Kier molecular flexibility index (Phi) is 7.08. The number of carbonyl (C=O) groups excluding carboxylic acids is 1. The lowest BCUT2D eigenvalue weighted by Gasteiger charge is -2.42. The normalized spacial score (nSPS) is 19.5. The van der Waals surface area contributed by atoms with Gasteiger partial charge in [0.15, 0.2) is 0 Å². The molecule has 1 unspecified atom stereocenters. The van der Waals surface area contributed by atoms with Gasteiger partial charge in [-0.3, -0.25) is 4.79 Å². The van der Waals surface area contributed by atoms with Gasteiger partial charge in [-0.2, -0.15) is 0 Å². The number of amides is 1. The van der Waals surface area contributed by atoms with Crippen LogP contribution >= 0.6 is 24.8 Å². The molecular weight excluding hydrogens is 347 g/mol. The van der Waals surface area contributed by atoms with Gasteiger partial charge in [-0.05, 0) is 24.0 Å². The maximum Gasteiger partial charge on any atom is 0.223 e. The fraction of sp³-hybridized carbons (Fsp3) is 0.529. The summed E-state index contributed by atoms with van der Waals surface area (Å²) in [6, 6.07) is 8.10. The third kappa shape index (κ3) is 4.41.